The molecular weight excluding hydrogens is 549 g/mol. The van der Waals surface area contributed by atoms with Crippen molar-refractivity contribution in [3.63, 3.8) is 0 Å². The van der Waals surface area contributed by atoms with Crippen molar-refractivity contribution in [2.75, 3.05) is 24.4 Å². The number of aromatic nitrogens is 3. The summed E-state index contributed by atoms with van der Waals surface area (Å²) >= 11 is 0. The second kappa shape index (κ2) is 12.1. The van der Waals surface area contributed by atoms with E-state index in [1.165, 1.54) is 18.5 Å². The van der Waals surface area contributed by atoms with E-state index in [4.69, 9.17) is 15.2 Å². The standard InChI is InChI=1S/C30H31F3N6O3/c1-16(2)13-41-15-37-20-7-4-17(5-8-20)26-24(25-27(34)35-14-36-28(25)39(26)3)18-6-9-22(23(10-18)42-30(32)33)29(40)38-21-11-19(31)12-21/h4-10,14,19,21,30,37H,1,11-13,15H2,2-3H3,(H,38,40)(H2,34,35,36)/t19-,21+. The summed E-state index contributed by atoms with van der Waals surface area (Å²) in [7, 11) is 1.82. The zero-order chi connectivity index (χ0) is 30.0. The van der Waals surface area contributed by atoms with Crippen LogP contribution in [0.15, 0.2) is 60.9 Å². The van der Waals surface area contributed by atoms with Crippen LogP contribution in [-0.4, -0.2) is 52.6 Å². The molecule has 0 spiro atoms. The summed E-state index contributed by atoms with van der Waals surface area (Å²) in [5.74, 6) is -0.733. The van der Waals surface area contributed by atoms with Crippen LogP contribution >= 0.6 is 0 Å². The van der Waals surface area contributed by atoms with Gasteiger partial charge >= 0.3 is 6.61 Å². The minimum Gasteiger partial charge on any atom is -0.434 e. The number of aryl methyl sites for hydroxylation is 1. The number of amides is 1. The van der Waals surface area contributed by atoms with E-state index < -0.39 is 18.7 Å². The van der Waals surface area contributed by atoms with Gasteiger partial charge in [0.05, 0.1) is 23.3 Å². The van der Waals surface area contributed by atoms with Crippen LogP contribution in [0.25, 0.3) is 33.4 Å². The molecule has 220 valence electrons. The quantitative estimate of drug-likeness (QED) is 0.119. The highest BCUT2D eigenvalue weighted by molar-refractivity contribution is 6.08. The van der Waals surface area contributed by atoms with Gasteiger partial charge in [-0.15, -0.1) is 0 Å². The number of nitrogens with two attached hydrogens (primary N) is 1. The molecule has 0 radical (unpaired) electrons. The largest absolute Gasteiger partial charge is 0.434 e. The molecule has 2 aromatic heterocycles. The fourth-order valence-electron chi connectivity index (χ4n) is 4.99. The van der Waals surface area contributed by atoms with Gasteiger partial charge in [0, 0.05) is 24.3 Å². The Labute approximate surface area is 240 Å². The van der Waals surface area contributed by atoms with Gasteiger partial charge in [0.1, 0.15) is 36.4 Å². The molecule has 0 unspecified atom stereocenters. The first-order valence-corrected chi connectivity index (χ1v) is 13.3. The Hall–Kier alpha value is -4.58. The number of ether oxygens (including phenoxy) is 2. The number of rotatable bonds is 11. The van der Waals surface area contributed by atoms with Gasteiger partial charge in [-0.1, -0.05) is 30.4 Å². The topological polar surface area (TPSA) is 116 Å². The molecule has 2 heterocycles. The second-order valence-electron chi connectivity index (χ2n) is 10.3. The van der Waals surface area contributed by atoms with E-state index in [1.54, 1.807) is 6.07 Å². The van der Waals surface area contributed by atoms with Gasteiger partial charge in [-0.25, -0.2) is 14.4 Å². The molecular formula is C30H31F3N6O3. The fraction of sp³-hybridized carbons (Fsp3) is 0.300. The molecule has 42 heavy (non-hydrogen) atoms. The third-order valence-corrected chi connectivity index (χ3v) is 7.03. The zero-order valence-corrected chi connectivity index (χ0v) is 23.2. The molecule has 4 aromatic rings. The van der Waals surface area contributed by atoms with Crippen LogP contribution in [-0.2, 0) is 11.8 Å². The molecule has 0 atom stereocenters. The number of carbonyl (C=O) groups is 1. The zero-order valence-electron chi connectivity index (χ0n) is 23.2. The van der Waals surface area contributed by atoms with Crippen molar-refractivity contribution in [3.8, 4) is 28.1 Å². The number of anilines is 2. The van der Waals surface area contributed by atoms with Crippen LogP contribution < -0.4 is 21.1 Å². The maximum atomic E-state index is 13.5. The molecule has 5 rings (SSSR count). The molecule has 1 aliphatic carbocycles. The van der Waals surface area contributed by atoms with Crippen LogP contribution in [0.3, 0.4) is 0 Å². The van der Waals surface area contributed by atoms with Gasteiger partial charge in [-0.05, 0) is 55.2 Å². The van der Waals surface area contributed by atoms with Gasteiger partial charge < -0.3 is 30.4 Å². The highest BCUT2D eigenvalue weighted by Crippen LogP contribution is 2.43. The van der Waals surface area contributed by atoms with Gasteiger partial charge in [-0.3, -0.25) is 4.79 Å². The molecule has 0 bridgehead atoms. The summed E-state index contributed by atoms with van der Waals surface area (Å²) in [5, 5.41) is 6.38. The molecule has 9 nitrogen and oxygen atoms in total. The predicted octanol–water partition coefficient (Wildman–Crippen LogP) is 5.68. The monoisotopic (exact) mass is 580 g/mol. The first-order chi connectivity index (χ1) is 20.1. The Morgan fingerprint density at radius 1 is 1.17 bits per heavy atom. The molecule has 0 aliphatic heterocycles. The first-order valence-electron chi connectivity index (χ1n) is 13.3. The van der Waals surface area contributed by atoms with Gasteiger partial charge in [0.2, 0.25) is 0 Å². The van der Waals surface area contributed by atoms with Crippen LogP contribution in [0.2, 0.25) is 0 Å². The number of nitrogen functional groups attached to an aromatic ring is 1. The van der Waals surface area contributed by atoms with E-state index in [9.17, 15) is 18.0 Å². The maximum absolute atomic E-state index is 13.5. The normalized spacial score (nSPS) is 16.3. The molecule has 2 aromatic carbocycles. The number of nitrogens with zero attached hydrogens (tertiary/aromatic N) is 3. The Balaban J connectivity index is 1.55. The van der Waals surface area contributed by atoms with E-state index in [-0.39, 0.29) is 36.0 Å². The lowest BCUT2D eigenvalue weighted by Crippen LogP contribution is -2.45. The molecule has 12 heteroatoms. The number of fused-ring (bicyclic) bond motifs is 1. The lowest BCUT2D eigenvalue weighted by molar-refractivity contribution is -0.0501. The Morgan fingerprint density at radius 3 is 2.55 bits per heavy atom. The average molecular weight is 581 g/mol. The number of alkyl halides is 3. The smallest absolute Gasteiger partial charge is 0.387 e. The summed E-state index contributed by atoms with van der Waals surface area (Å²) in [5.41, 5.74) is 11.0. The summed E-state index contributed by atoms with van der Waals surface area (Å²) < 4.78 is 52.4. The Kier molecular flexibility index (Phi) is 8.34. The average Bonchev–Trinajstić information content (AvgIpc) is 3.23. The van der Waals surface area contributed by atoms with E-state index in [0.717, 1.165) is 16.8 Å². The van der Waals surface area contributed by atoms with Crippen molar-refractivity contribution in [1.82, 2.24) is 19.9 Å². The number of hydrogen-bond acceptors (Lipinski definition) is 7. The van der Waals surface area contributed by atoms with Gasteiger partial charge in [0.25, 0.3) is 5.91 Å². The minimum absolute atomic E-state index is 0.0864. The maximum Gasteiger partial charge on any atom is 0.387 e. The van der Waals surface area contributed by atoms with Crippen molar-refractivity contribution < 1.29 is 27.4 Å². The van der Waals surface area contributed by atoms with Crippen LogP contribution in [0.1, 0.15) is 30.1 Å². The minimum atomic E-state index is -3.18. The van der Waals surface area contributed by atoms with Crippen molar-refractivity contribution in [2.45, 2.75) is 38.6 Å². The molecule has 1 aliphatic rings. The number of carbonyl (C=O) groups excluding carboxylic acids is 1. The summed E-state index contributed by atoms with van der Waals surface area (Å²) in [6.45, 7) is 3.27. The van der Waals surface area contributed by atoms with Gasteiger partial charge in [0.15, 0.2) is 0 Å². The van der Waals surface area contributed by atoms with Crippen LogP contribution in [0.5, 0.6) is 5.75 Å². The van der Waals surface area contributed by atoms with Crippen molar-refractivity contribution in [3.05, 3.63) is 66.5 Å². The number of hydrogen-bond donors (Lipinski definition) is 3. The third kappa shape index (κ3) is 6.03. The number of halogens is 3. The van der Waals surface area contributed by atoms with E-state index >= 15 is 0 Å². The van der Waals surface area contributed by atoms with Crippen LogP contribution in [0, 0.1) is 0 Å². The molecule has 4 N–H and O–H groups in total. The fourth-order valence-corrected chi connectivity index (χ4v) is 4.99. The Bertz CT molecular complexity index is 1620. The number of benzene rings is 2. The lowest BCUT2D eigenvalue weighted by Gasteiger charge is -2.30. The van der Waals surface area contributed by atoms with Crippen molar-refractivity contribution in [1.29, 1.82) is 0 Å². The highest BCUT2D eigenvalue weighted by Gasteiger charge is 2.31. The molecule has 1 saturated carbocycles. The van der Waals surface area contributed by atoms with Crippen molar-refractivity contribution >= 4 is 28.4 Å². The van der Waals surface area contributed by atoms with E-state index in [2.05, 4.69) is 27.2 Å². The van der Waals surface area contributed by atoms with E-state index in [1.807, 2.05) is 42.8 Å². The summed E-state index contributed by atoms with van der Waals surface area (Å²) in [6.07, 6.45) is 0.739. The number of nitrogens with one attached hydrogen (secondary N) is 2. The summed E-state index contributed by atoms with van der Waals surface area (Å²) in [6, 6.07) is 11.6. The third-order valence-electron chi connectivity index (χ3n) is 7.03. The first kappa shape index (κ1) is 28.9. The molecule has 1 fully saturated rings. The Morgan fingerprint density at radius 2 is 1.88 bits per heavy atom. The highest BCUT2D eigenvalue weighted by atomic mass is 19.3. The van der Waals surface area contributed by atoms with Crippen molar-refractivity contribution in [2.24, 2.45) is 7.05 Å². The van der Waals surface area contributed by atoms with Crippen LogP contribution in [0.4, 0.5) is 24.7 Å². The summed E-state index contributed by atoms with van der Waals surface area (Å²) in [4.78, 5) is 21.5. The lowest BCUT2D eigenvalue weighted by atomic mass is 9.90. The van der Waals surface area contributed by atoms with E-state index in [0.29, 0.717) is 41.2 Å². The molecule has 1 amide bonds. The molecule has 0 saturated heterocycles. The SMILES string of the molecule is C=C(C)COCNc1ccc(-c2c(-c3ccc(C(=O)N[C@H]4C[C@@H](F)C4)c(OC(F)F)c3)c3c(N)ncnc3n2C)cc1. The predicted molar refractivity (Wildman–Crippen MR) is 155 cm³/mol. The second-order valence-corrected chi connectivity index (χ2v) is 10.3. The van der Waals surface area contributed by atoms with Gasteiger partial charge in [-0.2, -0.15) is 8.78 Å².